The van der Waals surface area contributed by atoms with Crippen LogP contribution in [0, 0.1) is 0 Å². The Bertz CT molecular complexity index is 1250. The van der Waals surface area contributed by atoms with Crippen LogP contribution in [0.2, 0.25) is 0 Å². The number of rotatable bonds is 15. The van der Waals surface area contributed by atoms with Crippen molar-refractivity contribution >= 4 is 10.1 Å². The van der Waals surface area contributed by atoms with Crippen molar-refractivity contribution in [3.63, 3.8) is 0 Å². The molecule has 0 heterocycles. The second-order valence-electron chi connectivity index (χ2n) is 9.82. The second-order valence-corrected chi connectivity index (χ2v) is 11.2. The molecule has 0 rings (SSSR count). The summed E-state index contributed by atoms with van der Waals surface area (Å²) in [5.74, 6) is -94.2. The summed E-state index contributed by atoms with van der Waals surface area (Å²) in [6, 6.07) is 0. The van der Waals surface area contributed by atoms with Gasteiger partial charge in [0.2, 0.25) is 0 Å². The summed E-state index contributed by atoms with van der Waals surface area (Å²) in [5.41, 5.74) is 0. The van der Waals surface area contributed by atoms with Crippen LogP contribution in [0.4, 0.5) is 110 Å². The van der Waals surface area contributed by atoms with Gasteiger partial charge in [0.25, 0.3) is 0 Å². The van der Waals surface area contributed by atoms with Gasteiger partial charge >= 0.3 is 70.7 Å². The van der Waals surface area contributed by atoms with Gasteiger partial charge in [-0.15, -0.1) is 0 Å². The molecule has 4 nitrogen and oxygen atoms in total. The minimum atomic E-state index is -9.77. The SMILES string of the molecule is CC[N+](CC)(CC)CC.O=S(=O)([O-])C(F)(F)C(F)(F)C(F)(F)C(F)(F)C(F)(F)C(F)(F)C(F)(F)C(F)(F)C(F)(F)C(F)(F)C(F)(F)C(F)(F)F. The number of quaternary nitrogens is 1. The van der Waals surface area contributed by atoms with Crippen molar-refractivity contribution in [1.82, 2.24) is 0 Å². The monoisotopic (exact) mass is 829 g/mol. The minimum absolute atomic E-state index is 1.28. The molecular weight excluding hydrogens is 809 g/mol. The van der Waals surface area contributed by atoms with Gasteiger partial charge in [0, 0.05) is 0 Å². The Balaban J connectivity index is 0. The van der Waals surface area contributed by atoms with Crippen LogP contribution in [-0.2, 0) is 10.1 Å². The maximum atomic E-state index is 13.5. The summed E-state index contributed by atoms with van der Waals surface area (Å²) in [6.45, 7) is 14.2. The standard InChI is InChI=1S/C12HF25O3S.C8H20N/c13-1(14,3(17,18)5(21,22)7(25,26)9(29,30)11(33,34)35)2(15,16)4(19,20)6(23,24)8(27,28)10(31,32)12(36,37)41(38,39)40;1-5-9(6-2,7-3)8-4/h(H,38,39,40);5-8H2,1-4H3/q;+1/p-1. The molecule has 304 valence electrons. The van der Waals surface area contributed by atoms with E-state index in [9.17, 15) is 123 Å². The molecular formula is C20H20F25NO3S. The van der Waals surface area contributed by atoms with E-state index < -0.39 is 80.8 Å². The average molecular weight is 829 g/mol. The number of alkyl halides is 25. The van der Waals surface area contributed by atoms with Crippen LogP contribution in [0.5, 0.6) is 0 Å². The first kappa shape index (κ1) is 50.2. The molecule has 0 saturated carbocycles. The first-order valence-electron chi connectivity index (χ1n) is 12.3. The summed E-state index contributed by atoms with van der Waals surface area (Å²) in [5, 5.41) is -8.33. The Labute approximate surface area is 262 Å². The first-order valence-corrected chi connectivity index (χ1v) is 13.7. The summed E-state index contributed by atoms with van der Waals surface area (Å²) in [6.07, 6.45) is -8.23. The fourth-order valence-corrected chi connectivity index (χ4v) is 3.88. The fraction of sp³-hybridized carbons (Fsp3) is 1.00. The Morgan fingerprint density at radius 1 is 0.360 bits per heavy atom. The van der Waals surface area contributed by atoms with Crippen molar-refractivity contribution in [2.24, 2.45) is 0 Å². The maximum absolute atomic E-state index is 13.5. The van der Waals surface area contributed by atoms with Crippen LogP contribution in [-0.4, -0.2) is 114 Å². The summed E-state index contributed by atoms with van der Waals surface area (Å²) in [4.78, 5) is 0. The third-order valence-electron chi connectivity index (χ3n) is 7.27. The topological polar surface area (TPSA) is 57.2 Å². The molecule has 0 saturated heterocycles. The molecule has 0 fully saturated rings. The molecule has 0 unspecified atom stereocenters. The lowest BCUT2D eigenvalue weighted by Crippen LogP contribution is -2.78. The predicted molar refractivity (Wildman–Crippen MR) is 113 cm³/mol. The van der Waals surface area contributed by atoms with Crippen molar-refractivity contribution in [1.29, 1.82) is 0 Å². The second kappa shape index (κ2) is 13.5. The number of halogens is 25. The Kier molecular flexibility index (Phi) is 13.6. The smallest absolute Gasteiger partial charge is 0.460 e. The fourth-order valence-electron chi connectivity index (χ4n) is 3.44. The molecule has 0 atom stereocenters. The zero-order valence-electron chi connectivity index (χ0n) is 24.4. The Morgan fingerprint density at radius 2 is 0.520 bits per heavy atom. The number of hydrogen-bond donors (Lipinski definition) is 0. The molecule has 50 heavy (non-hydrogen) atoms. The van der Waals surface area contributed by atoms with E-state index >= 15 is 0 Å². The molecule has 0 radical (unpaired) electrons. The Hall–Kier alpha value is -1.88. The molecule has 0 amide bonds. The van der Waals surface area contributed by atoms with Gasteiger partial charge in [0.05, 0.1) is 26.2 Å². The molecule has 0 aromatic carbocycles. The number of nitrogens with zero attached hydrogens (tertiary/aromatic N) is 1. The van der Waals surface area contributed by atoms with E-state index in [-0.39, 0.29) is 0 Å². The van der Waals surface area contributed by atoms with Crippen LogP contribution in [0.15, 0.2) is 0 Å². The highest BCUT2D eigenvalue weighted by atomic mass is 32.2. The molecule has 0 aliphatic heterocycles. The van der Waals surface area contributed by atoms with Gasteiger partial charge in [-0.2, -0.15) is 110 Å². The van der Waals surface area contributed by atoms with E-state index in [0.717, 1.165) is 0 Å². The van der Waals surface area contributed by atoms with Crippen LogP contribution in [0.25, 0.3) is 0 Å². The lowest BCUT2D eigenvalue weighted by atomic mass is 9.85. The van der Waals surface area contributed by atoms with E-state index in [1.54, 1.807) is 0 Å². The van der Waals surface area contributed by atoms with E-state index in [1.165, 1.54) is 30.7 Å². The van der Waals surface area contributed by atoms with E-state index in [2.05, 4.69) is 27.7 Å². The van der Waals surface area contributed by atoms with Crippen LogP contribution >= 0.6 is 0 Å². The maximum Gasteiger partial charge on any atom is 0.460 e. The highest BCUT2D eigenvalue weighted by Crippen LogP contribution is 2.67. The third-order valence-corrected chi connectivity index (χ3v) is 8.15. The summed E-state index contributed by atoms with van der Waals surface area (Å²) >= 11 is 0. The van der Waals surface area contributed by atoms with E-state index in [1.807, 2.05) is 0 Å². The minimum Gasteiger partial charge on any atom is -0.743 e. The molecule has 0 aromatic heterocycles. The average Bonchev–Trinajstić information content (AvgIpc) is 2.92. The van der Waals surface area contributed by atoms with Gasteiger partial charge in [-0.1, -0.05) is 0 Å². The van der Waals surface area contributed by atoms with Gasteiger partial charge in [-0.25, -0.2) is 8.42 Å². The molecule has 0 N–H and O–H groups in total. The normalized spacial score (nSPS) is 16.3. The van der Waals surface area contributed by atoms with Crippen LogP contribution in [0.3, 0.4) is 0 Å². The zero-order valence-corrected chi connectivity index (χ0v) is 25.2. The number of hydrogen-bond acceptors (Lipinski definition) is 3. The quantitative estimate of drug-likeness (QED) is 0.0942. The molecule has 0 spiro atoms. The Morgan fingerprint density at radius 3 is 0.640 bits per heavy atom. The lowest BCUT2D eigenvalue weighted by Gasteiger charge is -2.45. The van der Waals surface area contributed by atoms with Crippen LogP contribution in [0.1, 0.15) is 27.7 Å². The largest absolute Gasteiger partial charge is 0.743 e. The zero-order chi connectivity index (χ0) is 41.8. The first-order chi connectivity index (χ1) is 21.2. The highest BCUT2D eigenvalue weighted by molar-refractivity contribution is 7.86. The lowest BCUT2D eigenvalue weighted by molar-refractivity contribution is -0.921. The van der Waals surface area contributed by atoms with Gasteiger partial charge in [0.15, 0.2) is 10.1 Å². The molecule has 0 aromatic rings. The molecule has 0 aliphatic rings. The predicted octanol–water partition coefficient (Wildman–Crippen LogP) is 8.92. The third kappa shape index (κ3) is 6.73. The molecule has 0 aliphatic carbocycles. The van der Waals surface area contributed by atoms with Gasteiger partial charge in [-0.05, 0) is 27.7 Å². The van der Waals surface area contributed by atoms with Crippen molar-refractivity contribution in [3.8, 4) is 0 Å². The van der Waals surface area contributed by atoms with Crippen molar-refractivity contribution < 1.29 is 127 Å². The van der Waals surface area contributed by atoms with Crippen molar-refractivity contribution in [2.75, 3.05) is 26.2 Å². The van der Waals surface area contributed by atoms with Crippen molar-refractivity contribution in [2.45, 2.75) is 98.4 Å². The van der Waals surface area contributed by atoms with Crippen LogP contribution < -0.4 is 0 Å². The highest BCUT2D eigenvalue weighted by Gasteiger charge is 2.99. The molecule has 0 bridgehead atoms. The summed E-state index contributed by atoms with van der Waals surface area (Å²) < 4.78 is 357. The summed E-state index contributed by atoms with van der Waals surface area (Å²) in [7, 11) is -8.49. The van der Waals surface area contributed by atoms with E-state index in [0.29, 0.717) is 0 Å². The van der Waals surface area contributed by atoms with Gasteiger partial charge in [-0.3, -0.25) is 0 Å². The van der Waals surface area contributed by atoms with E-state index in [4.69, 9.17) is 0 Å². The van der Waals surface area contributed by atoms with Gasteiger partial charge < -0.3 is 9.04 Å². The van der Waals surface area contributed by atoms with Crippen molar-refractivity contribution in [3.05, 3.63) is 0 Å². The molecule has 30 heteroatoms. The van der Waals surface area contributed by atoms with Gasteiger partial charge in [0.1, 0.15) is 0 Å².